The van der Waals surface area contributed by atoms with Crippen LogP contribution in [-0.4, -0.2) is 33.3 Å². The normalized spacial score (nSPS) is 10.8. The second-order valence-electron chi connectivity index (χ2n) is 4.56. The first-order valence-corrected chi connectivity index (χ1v) is 6.70. The van der Waals surface area contributed by atoms with Crippen molar-refractivity contribution in [2.24, 2.45) is 0 Å². The fraction of sp³-hybridized carbons (Fsp3) is 0.333. The summed E-state index contributed by atoms with van der Waals surface area (Å²) >= 11 is 0. The van der Waals surface area contributed by atoms with E-state index in [-0.39, 0.29) is 25.4 Å². The Labute approximate surface area is 121 Å². The highest BCUT2D eigenvalue weighted by molar-refractivity contribution is 5.98. The molecular formula is C15H17NO5. The summed E-state index contributed by atoms with van der Waals surface area (Å²) in [6.07, 6.45) is 1.20. The lowest BCUT2D eigenvalue weighted by Gasteiger charge is -2.08. The molecule has 0 unspecified atom stereocenters. The second-order valence-corrected chi connectivity index (χ2v) is 4.56. The molecule has 112 valence electrons. The minimum absolute atomic E-state index is 0.107. The van der Waals surface area contributed by atoms with Crippen LogP contribution in [0.15, 0.2) is 24.4 Å². The molecule has 2 N–H and O–H groups in total. The van der Waals surface area contributed by atoms with Gasteiger partial charge in [0.2, 0.25) is 5.91 Å². The number of para-hydroxylation sites is 1. The van der Waals surface area contributed by atoms with Crippen molar-refractivity contribution in [2.45, 2.75) is 26.4 Å². The van der Waals surface area contributed by atoms with Crippen molar-refractivity contribution >= 4 is 22.8 Å². The van der Waals surface area contributed by atoms with Crippen LogP contribution in [0.3, 0.4) is 0 Å². The molecule has 6 nitrogen and oxygen atoms in total. The molecule has 0 atom stereocenters. The van der Waals surface area contributed by atoms with E-state index in [2.05, 4.69) is 0 Å². The molecule has 21 heavy (non-hydrogen) atoms. The fourth-order valence-electron chi connectivity index (χ4n) is 2.25. The highest BCUT2D eigenvalue weighted by atomic mass is 16.5. The van der Waals surface area contributed by atoms with Gasteiger partial charge in [-0.15, -0.1) is 0 Å². The van der Waals surface area contributed by atoms with E-state index in [1.807, 2.05) is 6.92 Å². The van der Waals surface area contributed by atoms with Crippen LogP contribution in [0.2, 0.25) is 0 Å². The standard InChI is InChI=1S/C15H17NO5/c1-2-21-12-5-3-4-11-10(9-17)8-16(15(11)12)13(18)6-7-14(19)20/h3-5,8,17H,2,6-7,9H2,1H3,(H,19,20). The van der Waals surface area contributed by atoms with E-state index in [0.717, 1.165) is 5.39 Å². The maximum atomic E-state index is 12.2. The summed E-state index contributed by atoms with van der Waals surface area (Å²) in [6, 6.07) is 5.33. The molecule has 0 bridgehead atoms. The molecule has 0 spiro atoms. The van der Waals surface area contributed by atoms with Crippen LogP contribution in [0.5, 0.6) is 5.75 Å². The van der Waals surface area contributed by atoms with Gasteiger partial charge in [-0.3, -0.25) is 14.2 Å². The lowest BCUT2D eigenvalue weighted by Crippen LogP contribution is -2.12. The van der Waals surface area contributed by atoms with Crippen molar-refractivity contribution in [3.8, 4) is 5.75 Å². The van der Waals surface area contributed by atoms with Crippen LogP contribution in [0, 0.1) is 0 Å². The third kappa shape index (κ3) is 3.05. The van der Waals surface area contributed by atoms with E-state index in [0.29, 0.717) is 23.4 Å². The molecule has 0 saturated carbocycles. The summed E-state index contributed by atoms with van der Waals surface area (Å²) in [4.78, 5) is 22.8. The number of aliphatic hydroxyl groups is 1. The van der Waals surface area contributed by atoms with Crippen LogP contribution in [0.4, 0.5) is 0 Å². The van der Waals surface area contributed by atoms with E-state index in [1.54, 1.807) is 18.2 Å². The average Bonchev–Trinajstić information content (AvgIpc) is 2.85. The minimum Gasteiger partial charge on any atom is -0.492 e. The van der Waals surface area contributed by atoms with Crippen molar-refractivity contribution in [3.05, 3.63) is 30.0 Å². The highest BCUT2D eigenvalue weighted by Gasteiger charge is 2.17. The Morgan fingerprint density at radius 1 is 1.29 bits per heavy atom. The number of fused-ring (bicyclic) bond motifs is 1. The molecule has 1 aromatic heterocycles. The fourth-order valence-corrected chi connectivity index (χ4v) is 2.25. The van der Waals surface area contributed by atoms with Crippen LogP contribution in [0.25, 0.3) is 10.9 Å². The van der Waals surface area contributed by atoms with Gasteiger partial charge in [-0.2, -0.15) is 0 Å². The number of aliphatic carboxylic acids is 1. The Kier molecular flexibility index (Phi) is 4.59. The van der Waals surface area contributed by atoms with Gasteiger partial charge < -0.3 is 14.9 Å². The summed E-state index contributed by atoms with van der Waals surface area (Å²) in [7, 11) is 0. The molecule has 1 heterocycles. The molecule has 0 saturated heterocycles. The Bertz CT molecular complexity index is 674. The number of aliphatic hydroxyl groups excluding tert-OH is 1. The summed E-state index contributed by atoms with van der Waals surface area (Å²) in [5.74, 6) is -0.820. The molecule has 2 aromatic rings. The number of hydrogen-bond donors (Lipinski definition) is 2. The quantitative estimate of drug-likeness (QED) is 0.850. The second kappa shape index (κ2) is 6.41. The highest BCUT2D eigenvalue weighted by Crippen LogP contribution is 2.30. The van der Waals surface area contributed by atoms with Gasteiger partial charge in [0.15, 0.2) is 0 Å². The number of benzene rings is 1. The van der Waals surface area contributed by atoms with Crippen LogP contribution in [0.1, 0.15) is 30.1 Å². The van der Waals surface area contributed by atoms with Gasteiger partial charge in [-0.05, 0) is 13.0 Å². The van der Waals surface area contributed by atoms with Gasteiger partial charge in [0.25, 0.3) is 0 Å². The molecule has 0 fully saturated rings. The predicted molar refractivity (Wildman–Crippen MR) is 76.5 cm³/mol. The number of carboxylic acids is 1. The number of nitrogens with zero attached hydrogens (tertiary/aromatic N) is 1. The van der Waals surface area contributed by atoms with E-state index in [4.69, 9.17) is 9.84 Å². The predicted octanol–water partition coefficient (Wildman–Crippen LogP) is 2.04. The zero-order chi connectivity index (χ0) is 15.4. The van der Waals surface area contributed by atoms with Gasteiger partial charge in [0, 0.05) is 23.6 Å². The maximum absolute atomic E-state index is 12.2. The summed E-state index contributed by atoms with van der Waals surface area (Å²) < 4.78 is 6.89. The van der Waals surface area contributed by atoms with E-state index in [9.17, 15) is 14.7 Å². The van der Waals surface area contributed by atoms with Crippen molar-refractivity contribution in [1.82, 2.24) is 4.57 Å². The number of carboxylic acid groups (broad SMARTS) is 1. The Hall–Kier alpha value is -2.34. The van der Waals surface area contributed by atoms with Crippen molar-refractivity contribution < 1.29 is 24.5 Å². The van der Waals surface area contributed by atoms with Crippen LogP contribution < -0.4 is 4.74 Å². The first-order chi connectivity index (χ1) is 10.1. The van der Waals surface area contributed by atoms with Crippen molar-refractivity contribution in [3.63, 3.8) is 0 Å². The van der Waals surface area contributed by atoms with Crippen molar-refractivity contribution in [1.29, 1.82) is 0 Å². The molecular weight excluding hydrogens is 274 g/mol. The molecule has 0 aliphatic carbocycles. The molecule has 0 amide bonds. The van der Waals surface area contributed by atoms with Crippen LogP contribution in [-0.2, 0) is 11.4 Å². The zero-order valence-electron chi connectivity index (χ0n) is 11.7. The minimum atomic E-state index is -1.02. The molecule has 0 aliphatic heterocycles. The van der Waals surface area contributed by atoms with Gasteiger partial charge in [-0.25, -0.2) is 0 Å². The third-order valence-corrected chi connectivity index (χ3v) is 3.16. The zero-order valence-corrected chi connectivity index (χ0v) is 11.7. The number of ether oxygens (including phenoxy) is 1. The monoisotopic (exact) mass is 291 g/mol. The van der Waals surface area contributed by atoms with Gasteiger partial charge in [0.1, 0.15) is 5.75 Å². The molecule has 6 heteroatoms. The summed E-state index contributed by atoms with van der Waals surface area (Å²) in [6.45, 7) is 2.08. The van der Waals surface area contributed by atoms with Gasteiger partial charge >= 0.3 is 5.97 Å². The van der Waals surface area contributed by atoms with E-state index in [1.165, 1.54) is 10.8 Å². The number of rotatable bonds is 6. The summed E-state index contributed by atoms with van der Waals surface area (Å²) in [5.41, 5.74) is 1.18. The van der Waals surface area contributed by atoms with Crippen molar-refractivity contribution in [2.75, 3.05) is 6.61 Å². The lowest BCUT2D eigenvalue weighted by molar-refractivity contribution is -0.136. The first kappa shape index (κ1) is 15.1. The van der Waals surface area contributed by atoms with Gasteiger partial charge in [-0.1, -0.05) is 12.1 Å². The first-order valence-electron chi connectivity index (χ1n) is 6.70. The third-order valence-electron chi connectivity index (χ3n) is 3.16. The molecule has 2 rings (SSSR count). The SMILES string of the molecule is CCOc1cccc2c(CO)cn(C(=O)CCC(=O)O)c12. The lowest BCUT2D eigenvalue weighted by atomic mass is 10.2. The summed E-state index contributed by atoms with van der Waals surface area (Å²) in [5, 5.41) is 18.8. The van der Waals surface area contributed by atoms with Gasteiger partial charge in [0.05, 0.1) is 25.2 Å². The van der Waals surface area contributed by atoms with E-state index >= 15 is 0 Å². The Balaban J connectivity index is 2.51. The Morgan fingerprint density at radius 2 is 2.05 bits per heavy atom. The largest absolute Gasteiger partial charge is 0.492 e. The van der Waals surface area contributed by atoms with E-state index < -0.39 is 5.97 Å². The molecule has 0 radical (unpaired) electrons. The maximum Gasteiger partial charge on any atom is 0.303 e. The van der Waals surface area contributed by atoms with Crippen LogP contribution >= 0.6 is 0 Å². The number of aromatic nitrogens is 1. The number of carbonyl (C=O) groups excluding carboxylic acids is 1. The molecule has 0 aliphatic rings. The Morgan fingerprint density at radius 3 is 2.67 bits per heavy atom. The number of hydrogen-bond acceptors (Lipinski definition) is 4. The molecule has 1 aromatic carbocycles. The number of carbonyl (C=O) groups is 2. The topological polar surface area (TPSA) is 88.8 Å². The average molecular weight is 291 g/mol. The smallest absolute Gasteiger partial charge is 0.303 e.